The first-order valence-corrected chi connectivity index (χ1v) is 9.48. The molecule has 3 nitrogen and oxygen atoms in total. The van der Waals surface area contributed by atoms with Gasteiger partial charge in [-0.05, 0) is 42.2 Å². The molecule has 1 atom stereocenters. The van der Waals surface area contributed by atoms with E-state index in [4.69, 9.17) is 4.99 Å². The molecule has 1 unspecified atom stereocenters. The molecule has 2 heterocycles. The van der Waals surface area contributed by atoms with Crippen molar-refractivity contribution in [1.82, 2.24) is 10.2 Å². The third-order valence-corrected chi connectivity index (χ3v) is 5.57. The Bertz CT molecular complexity index is 409. The third kappa shape index (κ3) is 6.36. The first-order chi connectivity index (χ1) is 9.83. The van der Waals surface area contributed by atoms with Crippen LogP contribution in [-0.4, -0.2) is 48.0 Å². The van der Waals surface area contributed by atoms with Gasteiger partial charge in [0.2, 0.25) is 0 Å². The zero-order valence-electron chi connectivity index (χ0n) is 12.9. The number of hydrogen-bond acceptors (Lipinski definition) is 3. The molecule has 0 aromatic carbocycles. The van der Waals surface area contributed by atoms with Crippen LogP contribution in [-0.2, 0) is 6.42 Å². The maximum absolute atomic E-state index is 4.81. The van der Waals surface area contributed by atoms with Gasteiger partial charge in [0.25, 0.3) is 0 Å². The Labute approximate surface area is 154 Å². The van der Waals surface area contributed by atoms with Gasteiger partial charge in [-0.15, -0.1) is 24.0 Å². The molecule has 0 bridgehead atoms. The molecule has 1 aliphatic rings. The maximum Gasteiger partial charge on any atom is 0.193 e. The fourth-order valence-corrected chi connectivity index (χ4v) is 4.19. The molecule has 1 aliphatic heterocycles. The second-order valence-corrected chi connectivity index (χ2v) is 7.15. The summed E-state index contributed by atoms with van der Waals surface area (Å²) in [4.78, 5) is 7.24. The number of guanidine groups is 1. The number of hydrogen-bond donors (Lipinski definition) is 1. The third-order valence-electron chi connectivity index (χ3n) is 3.47. The van der Waals surface area contributed by atoms with E-state index in [2.05, 4.69) is 52.7 Å². The predicted molar refractivity (Wildman–Crippen MR) is 108 cm³/mol. The summed E-state index contributed by atoms with van der Waals surface area (Å²) in [5, 5.41) is 8.55. The lowest BCUT2D eigenvalue weighted by atomic mass is 10.2. The molecule has 1 fully saturated rings. The van der Waals surface area contributed by atoms with Crippen LogP contribution < -0.4 is 5.32 Å². The average Bonchev–Trinajstić information content (AvgIpc) is 3.00. The van der Waals surface area contributed by atoms with E-state index in [1.807, 2.05) is 0 Å². The summed E-state index contributed by atoms with van der Waals surface area (Å²) >= 11 is 3.86. The van der Waals surface area contributed by atoms with Crippen LogP contribution in [0.1, 0.15) is 25.8 Å². The standard InChI is InChI=1S/C15H25N3S2.HI/c1-3-14-11-18(8-10-20-14)15(16-4-2)17-7-5-13-6-9-19-12-13;/h6,9,12,14H,3-5,7-8,10-11H2,1-2H3,(H,16,17);1H. The zero-order valence-corrected chi connectivity index (χ0v) is 16.8. The molecule has 0 spiro atoms. The van der Waals surface area contributed by atoms with E-state index in [9.17, 15) is 0 Å². The zero-order chi connectivity index (χ0) is 14.2. The summed E-state index contributed by atoms with van der Waals surface area (Å²) in [6.45, 7) is 8.49. The Morgan fingerprint density at radius 2 is 2.33 bits per heavy atom. The largest absolute Gasteiger partial charge is 0.357 e. The maximum atomic E-state index is 4.81. The molecule has 0 aliphatic carbocycles. The fourth-order valence-electron chi connectivity index (χ4n) is 2.31. The lowest BCUT2D eigenvalue weighted by molar-refractivity contribution is 0.408. The number of halogens is 1. The van der Waals surface area contributed by atoms with Gasteiger partial charge in [0.05, 0.1) is 0 Å². The van der Waals surface area contributed by atoms with Gasteiger partial charge in [-0.3, -0.25) is 4.99 Å². The SMILES string of the molecule is CCNC(=NCCc1ccsc1)N1CCSC(CC)C1.I. The summed E-state index contributed by atoms with van der Waals surface area (Å²) in [6, 6.07) is 2.19. The van der Waals surface area contributed by atoms with Crippen molar-refractivity contribution in [3.8, 4) is 0 Å². The van der Waals surface area contributed by atoms with Gasteiger partial charge >= 0.3 is 0 Å². The minimum absolute atomic E-state index is 0. The highest BCUT2D eigenvalue weighted by Crippen LogP contribution is 2.21. The summed E-state index contributed by atoms with van der Waals surface area (Å²) < 4.78 is 0. The van der Waals surface area contributed by atoms with E-state index in [1.54, 1.807) is 11.3 Å². The van der Waals surface area contributed by atoms with Gasteiger partial charge < -0.3 is 10.2 Å². The van der Waals surface area contributed by atoms with Crippen LogP contribution in [0.5, 0.6) is 0 Å². The van der Waals surface area contributed by atoms with Gasteiger partial charge in [-0.2, -0.15) is 23.1 Å². The normalized spacial score (nSPS) is 19.2. The molecule has 0 saturated carbocycles. The van der Waals surface area contributed by atoms with Gasteiger partial charge in [0.1, 0.15) is 0 Å². The van der Waals surface area contributed by atoms with Gasteiger partial charge in [-0.25, -0.2) is 0 Å². The molecular weight excluding hydrogens is 413 g/mol. The van der Waals surface area contributed by atoms with Crippen molar-refractivity contribution in [2.75, 3.05) is 31.9 Å². The number of thioether (sulfide) groups is 1. The highest BCUT2D eigenvalue weighted by molar-refractivity contribution is 14.0. The van der Waals surface area contributed by atoms with Crippen molar-refractivity contribution in [1.29, 1.82) is 0 Å². The summed E-state index contributed by atoms with van der Waals surface area (Å²) in [7, 11) is 0. The summed E-state index contributed by atoms with van der Waals surface area (Å²) in [5.74, 6) is 2.31. The molecular formula is C15H26IN3S2. The van der Waals surface area contributed by atoms with Crippen LogP contribution >= 0.6 is 47.1 Å². The molecule has 1 aromatic heterocycles. The van der Waals surface area contributed by atoms with E-state index >= 15 is 0 Å². The molecule has 6 heteroatoms. The first-order valence-electron chi connectivity index (χ1n) is 7.49. The monoisotopic (exact) mass is 439 g/mol. The first kappa shape index (κ1) is 19.1. The molecule has 2 rings (SSSR count). The van der Waals surface area contributed by atoms with Crippen LogP contribution in [0.2, 0.25) is 0 Å². The topological polar surface area (TPSA) is 27.6 Å². The molecule has 0 amide bonds. The average molecular weight is 439 g/mol. The molecule has 0 radical (unpaired) electrons. The van der Waals surface area contributed by atoms with Crippen LogP contribution in [0.25, 0.3) is 0 Å². The molecule has 1 aromatic rings. The van der Waals surface area contributed by atoms with E-state index < -0.39 is 0 Å². The van der Waals surface area contributed by atoms with Crippen molar-refractivity contribution >= 4 is 53.0 Å². The smallest absolute Gasteiger partial charge is 0.193 e. The molecule has 21 heavy (non-hydrogen) atoms. The van der Waals surface area contributed by atoms with Gasteiger partial charge in [-0.1, -0.05) is 6.92 Å². The minimum Gasteiger partial charge on any atom is -0.357 e. The second-order valence-electron chi connectivity index (χ2n) is 4.96. The number of thiophene rings is 1. The van der Waals surface area contributed by atoms with E-state index in [0.29, 0.717) is 0 Å². The Balaban J connectivity index is 0.00000220. The number of aliphatic imine (C=N–C) groups is 1. The molecule has 120 valence electrons. The highest BCUT2D eigenvalue weighted by atomic mass is 127. The van der Waals surface area contributed by atoms with Gasteiger partial charge in [0, 0.05) is 37.2 Å². The van der Waals surface area contributed by atoms with Crippen molar-refractivity contribution in [3.05, 3.63) is 22.4 Å². The summed E-state index contributed by atoms with van der Waals surface area (Å²) in [6.07, 6.45) is 2.29. The van der Waals surface area contributed by atoms with Crippen molar-refractivity contribution in [2.45, 2.75) is 31.9 Å². The quantitative estimate of drug-likeness (QED) is 0.431. The molecule has 1 saturated heterocycles. The lowest BCUT2D eigenvalue weighted by Gasteiger charge is -2.34. The van der Waals surface area contributed by atoms with Crippen LogP contribution in [0.15, 0.2) is 21.8 Å². The second kappa shape index (κ2) is 10.7. The van der Waals surface area contributed by atoms with Crippen LogP contribution in [0.3, 0.4) is 0 Å². The number of rotatable bonds is 5. The minimum atomic E-state index is 0. The van der Waals surface area contributed by atoms with Crippen LogP contribution in [0, 0.1) is 0 Å². The predicted octanol–water partition coefficient (Wildman–Crippen LogP) is 3.70. The Morgan fingerprint density at radius 1 is 1.48 bits per heavy atom. The van der Waals surface area contributed by atoms with E-state index in [0.717, 1.165) is 43.8 Å². The van der Waals surface area contributed by atoms with Crippen molar-refractivity contribution < 1.29 is 0 Å². The Morgan fingerprint density at radius 3 is 3.00 bits per heavy atom. The van der Waals surface area contributed by atoms with Crippen molar-refractivity contribution in [2.24, 2.45) is 4.99 Å². The fraction of sp³-hybridized carbons (Fsp3) is 0.667. The number of nitrogens with one attached hydrogen (secondary N) is 1. The number of nitrogens with zero attached hydrogens (tertiary/aromatic N) is 2. The lowest BCUT2D eigenvalue weighted by Crippen LogP contribution is -2.48. The van der Waals surface area contributed by atoms with Crippen LogP contribution in [0.4, 0.5) is 0 Å². The molecule has 1 N–H and O–H groups in total. The van der Waals surface area contributed by atoms with Gasteiger partial charge in [0.15, 0.2) is 5.96 Å². The Kier molecular flexibility index (Phi) is 9.75. The Hall–Kier alpha value is 0.0500. The highest BCUT2D eigenvalue weighted by Gasteiger charge is 2.21. The van der Waals surface area contributed by atoms with E-state index in [-0.39, 0.29) is 24.0 Å². The van der Waals surface area contributed by atoms with Crippen molar-refractivity contribution in [3.63, 3.8) is 0 Å². The van der Waals surface area contributed by atoms with E-state index in [1.165, 1.54) is 17.7 Å². The summed E-state index contributed by atoms with van der Waals surface area (Å²) in [5.41, 5.74) is 1.40.